The highest BCUT2D eigenvalue weighted by atomic mass is 35.5. The van der Waals surface area contributed by atoms with Gasteiger partial charge >= 0.3 is 0 Å². The molecule has 5 aromatic carbocycles. The van der Waals surface area contributed by atoms with Crippen molar-refractivity contribution in [1.29, 1.82) is 0 Å². The molecular weight excluding hydrogens is 523 g/mol. The molecule has 0 radical (unpaired) electrons. The van der Waals surface area contributed by atoms with Crippen LogP contribution < -0.4 is 5.19 Å². The minimum absolute atomic E-state index is 0.260. The van der Waals surface area contributed by atoms with E-state index in [2.05, 4.69) is 157 Å². The molecule has 0 N–H and O–H groups in total. The van der Waals surface area contributed by atoms with Gasteiger partial charge in [0.2, 0.25) is 0 Å². The van der Waals surface area contributed by atoms with Gasteiger partial charge in [-0.1, -0.05) is 150 Å². The molecule has 0 bridgehead atoms. The van der Waals surface area contributed by atoms with E-state index in [0.29, 0.717) is 5.82 Å². The summed E-state index contributed by atoms with van der Waals surface area (Å²) in [6.45, 7) is 0. The Kier molecular flexibility index (Phi) is 9.12. The van der Waals surface area contributed by atoms with E-state index in [9.17, 15) is 0 Å². The van der Waals surface area contributed by atoms with Crippen molar-refractivity contribution in [2.24, 2.45) is 0 Å². The van der Waals surface area contributed by atoms with Crippen LogP contribution in [-0.2, 0) is 5.16 Å². The molecule has 0 atom stereocenters. The van der Waals surface area contributed by atoms with Gasteiger partial charge in [0.15, 0.2) is 0 Å². The molecule has 0 unspecified atom stereocenters. The van der Waals surface area contributed by atoms with Crippen molar-refractivity contribution >= 4 is 34.2 Å². The van der Waals surface area contributed by atoms with Gasteiger partial charge < -0.3 is 4.57 Å². The summed E-state index contributed by atoms with van der Waals surface area (Å²) in [5.74, 6) is 0.484. The fraction of sp³-hybridized carbons (Fsp3) is 0.0571. The molecule has 2 nitrogen and oxygen atoms in total. The zero-order valence-electron chi connectivity index (χ0n) is 22.6. The van der Waals surface area contributed by atoms with Crippen molar-refractivity contribution in [2.45, 2.75) is 11.0 Å². The monoisotopic (exact) mass is 554 g/mol. The van der Waals surface area contributed by atoms with Crippen LogP contribution >= 0.6 is 11.6 Å². The van der Waals surface area contributed by atoms with Crippen LogP contribution in [0, 0.1) is 0 Å². The topological polar surface area (TPSA) is 17.8 Å². The minimum Gasteiger partial charge on any atom is -0.326 e. The lowest BCUT2D eigenvalue weighted by Gasteiger charge is -2.37. The Balaban J connectivity index is 0.000000194. The van der Waals surface area contributed by atoms with Crippen LogP contribution in [0.4, 0.5) is 0 Å². The predicted octanol–water partition coefficient (Wildman–Crippen LogP) is 6.19. The lowest BCUT2D eigenvalue weighted by molar-refractivity contribution is 0.596. The molecule has 0 saturated carbocycles. The van der Waals surface area contributed by atoms with Crippen LogP contribution in [0.5, 0.6) is 0 Å². The van der Waals surface area contributed by atoms with Gasteiger partial charge in [-0.2, -0.15) is 0 Å². The molecule has 196 valence electrons. The van der Waals surface area contributed by atoms with E-state index in [1.807, 2.05) is 24.7 Å². The molecule has 1 heterocycles. The Morgan fingerprint density at radius 3 is 1.60 bits per heavy atom. The molecule has 0 fully saturated rings. The van der Waals surface area contributed by atoms with Gasteiger partial charge in [0, 0.05) is 17.4 Å². The number of halogens is 1. The lowest BCUT2D eigenvalue weighted by atomic mass is 9.76. The molecule has 5 heteroatoms. The first-order valence-electron chi connectivity index (χ1n) is 13.6. The fourth-order valence-electron chi connectivity index (χ4n) is 5.29. The van der Waals surface area contributed by atoms with Crippen molar-refractivity contribution in [3.8, 4) is 0 Å². The summed E-state index contributed by atoms with van der Waals surface area (Å²) in [6.07, 6.45) is 5.85. The van der Waals surface area contributed by atoms with Crippen LogP contribution in [0.1, 0.15) is 28.1 Å². The number of imidazole rings is 1. The van der Waals surface area contributed by atoms with Crippen LogP contribution in [0.15, 0.2) is 164 Å². The lowest BCUT2D eigenvalue weighted by Crippen LogP contribution is -2.46. The second kappa shape index (κ2) is 13.3. The number of nitrogens with zero attached hydrogens (tertiary/aromatic N) is 2. The first-order chi connectivity index (χ1) is 19.7. The molecule has 1 aromatic heterocycles. The predicted molar refractivity (Wildman–Crippen MR) is 174 cm³/mol. The Hall–Kier alpha value is -4.12. The van der Waals surface area contributed by atoms with Gasteiger partial charge in [0.05, 0.1) is 21.0 Å². The molecule has 0 amide bonds. The maximum Gasteiger partial charge on any atom is 0.116 e. The van der Waals surface area contributed by atoms with E-state index in [1.165, 1.54) is 27.4 Å². The average molecular weight is 555 g/mol. The van der Waals surface area contributed by atoms with E-state index >= 15 is 0 Å². The molecule has 0 spiro atoms. The number of hydrogen-bond acceptors (Lipinski definition) is 1. The van der Waals surface area contributed by atoms with E-state index in [-0.39, 0.29) is 5.16 Å². The van der Waals surface area contributed by atoms with Gasteiger partial charge in [0.1, 0.15) is 7.85 Å². The average Bonchev–Trinajstić information content (AvgIpc) is 3.57. The summed E-state index contributed by atoms with van der Waals surface area (Å²) < 4.78 is 2.25. The summed E-state index contributed by atoms with van der Waals surface area (Å²) >= 11 is 6.29. The third-order valence-electron chi connectivity index (χ3n) is 7.40. The summed E-state index contributed by atoms with van der Waals surface area (Å²) in [5.41, 5.74) is 5.30. The van der Waals surface area contributed by atoms with Gasteiger partial charge in [-0.25, -0.2) is 4.98 Å². The van der Waals surface area contributed by atoms with Gasteiger partial charge in [-0.3, -0.25) is 0 Å². The van der Waals surface area contributed by atoms with E-state index in [1.54, 1.807) is 0 Å². The quantitative estimate of drug-likeness (QED) is 0.215. The molecule has 0 aliphatic rings. The van der Waals surface area contributed by atoms with Crippen molar-refractivity contribution < 1.29 is 0 Å². The maximum absolute atomic E-state index is 6.29. The first kappa shape index (κ1) is 27.4. The third-order valence-corrected chi connectivity index (χ3v) is 10.2. The summed E-state index contributed by atoms with van der Waals surface area (Å²) in [5, 5.41) is 1.85. The highest BCUT2D eigenvalue weighted by Crippen LogP contribution is 2.33. The minimum atomic E-state index is -0.853. The van der Waals surface area contributed by atoms with Crippen LogP contribution in [0.3, 0.4) is 0 Å². The second-order valence-electron chi connectivity index (χ2n) is 9.91. The molecule has 0 aliphatic carbocycles. The number of rotatable bonds is 7. The Bertz CT molecular complexity index is 1500. The molecular formula is C35H32BClN2Si. The van der Waals surface area contributed by atoms with E-state index in [0.717, 1.165) is 5.02 Å². The van der Waals surface area contributed by atoms with Crippen LogP contribution in [0.2, 0.25) is 5.02 Å². The Labute approximate surface area is 245 Å². The van der Waals surface area contributed by atoms with Crippen molar-refractivity contribution in [2.75, 3.05) is 0 Å². The van der Waals surface area contributed by atoms with E-state index < -0.39 is 9.52 Å². The van der Waals surface area contributed by atoms with Gasteiger partial charge in [-0.15, -0.1) is 0 Å². The zero-order chi connectivity index (χ0) is 27.6. The van der Waals surface area contributed by atoms with Crippen LogP contribution in [-0.4, -0.2) is 26.9 Å². The number of benzene rings is 5. The summed E-state index contributed by atoms with van der Waals surface area (Å²) in [4.78, 5) is 4.36. The van der Waals surface area contributed by atoms with Crippen LogP contribution in [0.25, 0.3) is 0 Å². The molecule has 0 aliphatic heterocycles. The van der Waals surface area contributed by atoms with Crippen molar-refractivity contribution in [3.05, 3.63) is 192 Å². The van der Waals surface area contributed by atoms with Gasteiger partial charge in [-0.05, 0) is 40.2 Å². The molecule has 6 aromatic rings. The zero-order valence-corrected chi connectivity index (χ0v) is 24.8. The maximum atomic E-state index is 6.29. The van der Waals surface area contributed by atoms with Crippen molar-refractivity contribution in [3.63, 3.8) is 0 Å². The molecule has 0 saturated heterocycles. The molecule has 40 heavy (non-hydrogen) atoms. The third kappa shape index (κ3) is 6.36. The second-order valence-corrected chi connectivity index (χ2v) is 12.5. The van der Waals surface area contributed by atoms with E-state index in [4.69, 9.17) is 11.6 Å². The Morgan fingerprint density at radius 2 is 1.15 bits per heavy atom. The largest absolute Gasteiger partial charge is 0.326 e. The summed E-state index contributed by atoms with van der Waals surface area (Å²) in [6, 6.07) is 50.9. The Morgan fingerprint density at radius 1 is 0.650 bits per heavy atom. The normalized spacial score (nSPS) is 11.3. The number of aromatic nitrogens is 2. The summed E-state index contributed by atoms with van der Waals surface area (Å²) in [7, 11) is 1.39. The van der Waals surface area contributed by atoms with Crippen molar-refractivity contribution in [1.82, 2.24) is 9.55 Å². The standard InChI is InChI=1S/C22H19ClN2Si.C13H13B/c23-20-12-7-13-21(16-20)26-22(25-15-14-24-17-25,18-8-3-1-4-9-18)19-10-5-2-6-11-19;14-13(11-7-3-1-4-8-11)12-9-5-2-6-10-12/h1-17H,26H2;1-10,13H,14H2. The number of hydrogen-bond donors (Lipinski definition) is 0. The fourth-order valence-corrected chi connectivity index (χ4v) is 8.05. The first-order valence-corrected chi connectivity index (χ1v) is 15.4. The highest BCUT2D eigenvalue weighted by molar-refractivity contribution is 6.58. The SMILES string of the molecule is BC(c1ccccc1)c1ccccc1.Clc1cccc([SiH2]C(c2ccccc2)(c2ccccc2)n2ccnc2)c1. The van der Waals surface area contributed by atoms with Gasteiger partial charge in [0.25, 0.3) is 0 Å². The highest BCUT2D eigenvalue weighted by Gasteiger charge is 2.36. The molecule has 6 rings (SSSR count). The smallest absolute Gasteiger partial charge is 0.116 e.